The van der Waals surface area contributed by atoms with E-state index >= 15 is 0 Å². The number of rotatable bonds is 9. The Kier molecular flexibility index (Phi) is 8.22. The van der Waals surface area contributed by atoms with Gasteiger partial charge in [-0.1, -0.05) is 34.6 Å². The first-order chi connectivity index (χ1) is 9.99. The zero-order valence-electron chi connectivity index (χ0n) is 15.2. The molecular formula is C18H38N2O. The molecule has 0 bridgehead atoms. The van der Waals surface area contributed by atoms with Gasteiger partial charge in [-0.3, -0.25) is 4.90 Å². The summed E-state index contributed by atoms with van der Waals surface area (Å²) in [5.74, 6) is 0. The molecule has 1 aliphatic carbocycles. The molecule has 0 aromatic heterocycles. The van der Waals surface area contributed by atoms with Crippen LogP contribution in [-0.2, 0) is 4.74 Å². The molecule has 0 radical (unpaired) electrons. The van der Waals surface area contributed by atoms with Crippen LogP contribution in [0.4, 0.5) is 0 Å². The smallest absolute Gasteiger partial charge is 0.0589 e. The summed E-state index contributed by atoms with van der Waals surface area (Å²) in [4.78, 5) is 2.75. The van der Waals surface area contributed by atoms with Gasteiger partial charge in [0.1, 0.15) is 0 Å². The first kappa shape index (κ1) is 18.9. The van der Waals surface area contributed by atoms with Crippen LogP contribution in [0.3, 0.4) is 0 Å². The van der Waals surface area contributed by atoms with Crippen molar-refractivity contribution in [1.29, 1.82) is 0 Å². The van der Waals surface area contributed by atoms with E-state index in [-0.39, 0.29) is 0 Å². The van der Waals surface area contributed by atoms with Crippen LogP contribution in [0.1, 0.15) is 66.7 Å². The van der Waals surface area contributed by atoms with Gasteiger partial charge in [-0.05, 0) is 44.1 Å². The molecule has 0 amide bonds. The molecule has 0 aromatic rings. The molecule has 21 heavy (non-hydrogen) atoms. The molecule has 1 N–H and O–H groups in total. The second-order valence-electron chi connectivity index (χ2n) is 7.34. The minimum atomic E-state index is 0.466. The van der Waals surface area contributed by atoms with E-state index in [1.165, 1.54) is 32.1 Å². The van der Waals surface area contributed by atoms with Crippen LogP contribution in [0, 0.1) is 5.41 Å². The van der Waals surface area contributed by atoms with E-state index in [1.807, 2.05) is 7.11 Å². The molecule has 3 heteroatoms. The molecule has 126 valence electrons. The fraction of sp³-hybridized carbons (Fsp3) is 1.00. The molecule has 1 aliphatic rings. The van der Waals surface area contributed by atoms with Crippen molar-refractivity contribution in [3.8, 4) is 0 Å². The standard InChI is InChI=1S/C18H38N2O/c1-7-15(8-2)20(12-13-21-6)17-14-18(4,5)11-10-16(17)19-9-3/h15-17,19H,7-14H2,1-6H3. The van der Waals surface area contributed by atoms with Crippen molar-refractivity contribution in [2.45, 2.75) is 84.8 Å². The Bertz CT molecular complexity index is 276. The maximum absolute atomic E-state index is 5.39. The zero-order chi connectivity index (χ0) is 15.9. The van der Waals surface area contributed by atoms with Gasteiger partial charge in [-0.2, -0.15) is 0 Å². The van der Waals surface area contributed by atoms with Gasteiger partial charge in [0, 0.05) is 31.8 Å². The number of ether oxygens (including phenoxy) is 1. The van der Waals surface area contributed by atoms with Crippen LogP contribution in [-0.4, -0.2) is 49.8 Å². The predicted molar refractivity (Wildman–Crippen MR) is 91.8 cm³/mol. The Hall–Kier alpha value is -0.120. The van der Waals surface area contributed by atoms with E-state index in [2.05, 4.69) is 44.8 Å². The lowest BCUT2D eigenvalue weighted by molar-refractivity contribution is 0.0163. The van der Waals surface area contributed by atoms with E-state index in [1.54, 1.807) is 0 Å². The van der Waals surface area contributed by atoms with E-state index < -0.39 is 0 Å². The largest absolute Gasteiger partial charge is 0.383 e. The second kappa shape index (κ2) is 9.12. The monoisotopic (exact) mass is 298 g/mol. The van der Waals surface area contributed by atoms with E-state index in [4.69, 9.17) is 4.74 Å². The normalized spacial score (nSPS) is 25.7. The van der Waals surface area contributed by atoms with Crippen molar-refractivity contribution in [2.24, 2.45) is 5.41 Å². The topological polar surface area (TPSA) is 24.5 Å². The number of hydrogen-bond donors (Lipinski definition) is 1. The molecule has 1 saturated carbocycles. The Morgan fingerprint density at radius 1 is 1.24 bits per heavy atom. The summed E-state index contributed by atoms with van der Waals surface area (Å²) < 4.78 is 5.39. The first-order valence-corrected chi connectivity index (χ1v) is 8.97. The third-order valence-electron chi connectivity index (χ3n) is 5.22. The molecule has 0 heterocycles. The molecule has 2 unspecified atom stereocenters. The van der Waals surface area contributed by atoms with Gasteiger partial charge < -0.3 is 10.1 Å². The summed E-state index contributed by atoms with van der Waals surface area (Å²) in [7, 11) is 1.82. The lowest BCUT2D eigenvalue weighted by atomic mass is 9.72. The maximum atomic E-state index is 5.39. The van der Waals surface area contributed by atoms with Crippen LogP contribution in [0.2, 0.25) is 0 Å². The quantitative estimate of drug-likeness (QED) is 0.703. The average Bonchev–Trinajstić information content (AvgIpc) is 2.45. The number of nitrogens with zero attached hydrogens (tertiary/aromatic N) is 1. The molecule has 3 nitrogen and oxygen atoms in total. The van der Waals surface area contributed by atoms with Crippen LogP contribution in [0.25, 0.3) is 0 Å². The van der Waals surface area contributed by atoms with Crippen molar-refractivity contribution in [3.05, 3.63) is 0 Å². The van der Waals surface area contributed by atoms with Crippen molar-refractivity contribution < 1.29 is 4.74 Å². The average molecular weight is 299 g/mol. The van der Waals surface area contributed by atoms with Gasteiger partial charge in [0.25, 0.3) is 0 Å². The fourth-order valence-corrected chi connectivity index (χ4v) is 3.97. The highest BCUT2D eigenvalue weighted by Gasteiger charge is 2.39. The third-order valence-corrected chi connectivity index (χ3v) is 5.22. The fourth-order valence-electron chi connectivity index (χ4n) is 3.97. The number of likely N-dealkylation sites (N-methyl/N-ethyl adjacent to an activating group) is 1. The molecule has 0 aliphatic heterocycles. The van der Waals surface area contributed by atoms with Crippen molar-refractivity contribution in [3.63, 3.8) is 0 Å². The van der Waals surface area contributed by atoms with E-state index in [0.29, 0.717) is 23.5 Å². The summed E-state index contributed by atoms with van der Waals surface area (Å²) in [6, 6.07) is 1.97. The maximum Gasteiger partial charge on any atom is 0.0589 e. The van der Waals surface area contributed by atoms with Gasteiger partial charge >= 0.3 is 0 Å². The Labute approximate surface area is 132 Å². The summed E-state index contributed by atoms with van der Waals surface area (Å²) in [6.45, 7) is 14.7. The van der Waals surface area contributed by atoms with Crippen LogP contribution in [0.5, 0.6) is 0 Å². The van der Waals surface area contributed by atoms with Crippen LogP contribution >= 0.6 is 0 Å². The lowest BCUT2D eigenvalue weighted by Crippen LogP contribution is -2.58. The first-order valence-electron chi connectivity index (χ1n) is 8.97. The molecule has 0 aromatic carbocycles. The van der Waals surface area contributed by atoms with Gasteiger partial charge in [0.05, 0.1) is 6.61 Å². The SMILES string of the molecule is CCNC1CCC(C)(C)CC1N(CCOC)C(CC)CC. The van der Waals surface area contributed by atoms with Gasteiger partial charge in [0.2, 0.25) is 0 Å². The van der Waals surface area contributed by atoms with Crippen molar-refractivity contribution >= 4 is 0 Å². The molecule has 0 saturated heterocycles. The van der Waals surface area contributed by atoms with Crippen molar-refractivity contribution in [2.75, 3.05) is 26.8 Å². The Balaban J connectivity index is 2.90. The number of hydrogen-bond acceptors (Lipinski definition) is 3. The van der Waals surface area contributed by atoms with Gasteiger partial charge in [-0.25, -0.2) is 0 Å². The highest BCUT2D eigenvalue weighted by molar-refractivity contribution is 4.96. The minimum absolute atomic E-state index is 0.466. The summed E-state index contributed by atoms with van der Waals surface area (Å²) in [6.07, 6.45) is 6.40. The minimum Gasteiger partial charge on any atom is -0.383 e. The highest BCUT2D eigenvalue weighted by atomic mass is 16.5. The van der Waals surface area contributed by atoms with E-state index in [0.717, 1.165) is 19.7 Å². The van der Waals surface area contributed by atoms with Gasteiger partial charge in [-0.15, -0.1) is 0 Å². The molecule has 2 atom stereocenters. The molecular weight excluding hydrogens is 260 g/mol. The van der Waals surface area contributed by atoms with Crippen LogP contribution in [0.15, 0.2) is 0 Å². The predicted octanol–water partition coefficient (Wildman–Crippen LogP) is 3.68. The number of nitrogens with one attached hydrogen (secondary N) is 1. The molecule has 1 fully saturated rings. The number of methoxy groups -OCH3 is 1. The van der Waals surface area contributed by atoms with E-state index in [9.17, 15) is 0 Å². The molecule has 1 rings (SSSR count). The summed E-state index contributed by atoms with van der Waals surface area (Å²) >= 11 is 0. The second-order valence-corrected chi connectivity index (χ2v) is 7.34. The summed E-state index contributed by atoms with van der Waals surface area (Å²) in [5, 5.41) is 3.75. The Morgan fingerprint density at radius 3 is 2.43 bits per heavy atom. The third kappa shape index (κ3) is 5.54. The van der Waals surface area contributed by atoms with Gasteiger partial charge in [0.15, 0.2) is 0 Å². The highest BCUT2D eigenvalue weighted by Crippen LogP contribution is 2.38. The summed E-state index contributed by atoms with van der Waals surface area (Å²) in [5.41, 5.74) is 0.466. The van der Waals surface area contributed by atoms with Crippen LogP contribution < -0.4 is 5.32 Å². The zero-order valence-corrected chi connectivity index (χ0v) is 15.2. The Morgan fingerprint density at radius 2 is 1.90 bits per heavy atom. The van der Waals surface area contributed by atoms with Crippen molar-refractivity contribution in [1.82, 2.24) is 10.2 Å². The molecule has 0 spiro atoms. The lowest BCUT2D eigenvalue weighted by Gasteiger charge is -2.48.